The maximum atomic E-state index is 12.2. The van der Waals surface area contributed by atoms with Crippen LogP contribution in [-0.2, 0) is 19.1 Å². The topological polar surface area (TPSA) is 86.2 Å². The Balaban J connectivity index is 2.20. The fraction of sp³-hybridized carbons (Fsp3) is 0.833. The van der Waals surface area contributed by atoms with Crippen LogP contribution in [0.1, 0.15) is 53.9 Å². The molecule has 1 heterocycles. The standard InChI is InChI=1S/C18H30N2O5/c1-7-10(8-2)14-13-12(19-17(22)24-18(3,4)5)9-11(16(21)23-6)15(13)25-20-14/h10-13,15H,7-9H2,1-6H3,(H,19,22)/t11-,12+,13?,15?/m0/s1. The second-order valence-corrected chi connectivity index (χ2v) is 7.74. The number of nitrogens with zero attached hydrogens (tertiary/aromatic N) is 1. The van der Waals surface area contributed by atoms with Crippen LogP contribution in [0, 0.1) is 17.8 Å². The average molecular weight is 354 g/mol. The average Bonchev–Trinajstić information content (AvgIpc) is 3.08. The lowest BCUT2D eigenvalue weighted by molar-refractivity contribution is -0.149. The second-order valence-electron chi connectivity index (χ2n) is 7.74. The highest BCUT2D eigenvalue weighted by molar-refractivity contribution is 5.93. The number of fused-ring (bicyclic) bond motifs is 1. The van der Waals surface area contributed by atoms with Crippen molar-refractivity contribution in [2.45, 2.75) is 71.6 Å². The van der Waals surface area contributed by atoms with Crippen molar-refractivity contribution in [1.82, 2.24) is 5.32 Å². The number of hydrogen-bond acceptors (Lipinski definition) is 6. The summed E-state index contributed by atoms with van der Waals surface area (Å²) in [6.45, 7) is 9.66. The number of alkyl carbamates (subject to hydrolysis) is 1. The van der Waals surface area contributed by atoms with Gasteiger partial charge < -0.3 is 19.6 Å². The van der Waals surface area contributed by atoms with Crippen molar-refractivity contribution in [1.29, 1.82) is 0 Å². The zero-order chi connectivity index (χ0) is 18.8. The summed E-state index contributed by atoms with van der Waals surface area (Å²) in [5, 5.41) is 7.20. The fourth-order valence-corrected chi connectivity index (χ4v) is 3.77. The lowest BCUT2D eigenvalue weighted by Crippen LogP contribution is -2.45. The van der Waals surface area contributed by atoms with E-state index in [1.54, 1.807) is 0 Å². The molecular weight excluding hydrogens is 324 g/mol. The Morgan fingerprint density at radius 3 is 2.48 bits per heavy atom. The Bertz CT molecular complexity index is 536. The van der Waals surface area contributed by atoms with Gasteiger partial charge in [-0.15, -0.1) is 0 Å². The molecule has 2 aliphatic rings. The van der Waals surface area contributed by atoms with Crippen LogP contribution in [0.15, 0.2) is 5.16 Å². The second kappa shape index (κ2) is 7.62. The molecule has 1 N–H and O–H groups in total. The first kappa shape index (κ1) is 19.5. The molecule has 1 amide bonds. The number of methoxy groups -OCH3 is 1. The third-order valence-electron chi connectivity index (χ3n) is 4.92. The van der Waals surface area contributed by atoms with Crippen molar-refractivity contribution in [2.24, 2.45) is 22.9 Å². The Morgan fingerprint density at radius 1 is 1.32 bits per heavy atom. The van der Waals surface area contributed by atoms with Gasteiger partial charge in [-0.3, -0.25) is 4.79 Å². The fourth-order valence-electron chi connectivity index (χ4n) is 3.77. The van der Waals surface area contributed by atoms with Crippen LogP contribution < -0.4 is 5.32 Å². The van der Waals surface area contributed by atoms with E-state index in [9.17, 15) is 9.59 Å². The minimum absolute atomic E-state index is 0.124. The molecule has 7 heteroatoms. The van der Waals surface area contributed by atoms with Gasteiger partial charge in [0.25, 0.3) is 0 Å². The summed E-state index contributed by atoms with van der Waals surface area (Å²) in [6, 6.07) is -0.259. The largest absolute Gasteiger partial charge is 0.469 e. The van der Waals surface area contributed by atoms with E-state index in [0.717, 1.165) is 18.6 Å². The molecule has 0 saturated heterocycles. The molecule has 1 aliphatic carbocycles. The van der Waals surface area contributed by atoms with E-state index in [0.29, 0.717) is 6.42 Å². The minimum Gasteiger partial charge on any atom is -0.469 e. The molecule has 2 rings (SSSR count). The summed E-state index contributed by atoms with van der Waals surface area (Å²) in [5.74, 6) is -0.620. The van der Waals surface area contributed by atoms with Crippen molar-refractivity contribution in [3.63, 3.8) is 0 Å². The number of carbonyl (C=O) groups excluding carboxylic acids is 2. The molecule has 0 aromatic heterocycles. The summed E-state index contributed by atoms with van der Waals surface area (Å²) in [4.78, 5) is 30.0. The molecule has 7 nitrogen and oxygen atoms in total. The number of amides is 1. The lowest BCUT2D eigenvalue weighted by atomic mass is 9.84. The van der Waals surface area contributed by atoms with E-state index in [4.69, 9.17) is 14.3 Å². The third-order valence-corrected chi connectivity index (χ3v) is 4.92. The Kier molecular flexibility index (Phi) is 5.95. The van der Waals surface area contributed by atoms with Crippen LogP contribution in [0.2, 0.25) is 0 Å². The first-order valence-electron chi connectivity index (χ1n) is 9.02. The predicted molar refractivity (Wildman–Crippen MR) is 93.2 cm³/mol. The molecule has 142 valence electrons. The van der Waals surface area contributed by atoms with Crippen molar-refractivity contribution >= 4 is 17.8 Å². The maximum Gasteiger partial charge on any atom is 0.407 e. The Morgan fingerprint density at radius 2 is 1.96 bits per heavy atom. The van der Waals surface area contributed by atoms with Crippen LogP contribution in [0.25, 0.3) is 0 Å². The molecule has 1 fully saturated rings. The van der Waals surface area contributed by atoms with E-state index in [-0.39, 0.29) is 30.0 Å². The van der Waals surface area contributed by atoms with Gasteiger partial charge in [0.1, 0.15) is 5.60 Å². The SMILES string of the molecule is CCC(CC)C1=NOC2C1[C@H](NC(=O)OC(C)(C)C)C[C@@H]2C(=O)OC. The zero-order valence-electron chi connectivity index (χ0n) is 16.0. The number of hydrogen-bond donors (Lipinski definition) is 1. The highest BCUT2D eigenvalue weighted by Gasteiger charge is 2.55. The lowest BCUT2D eigenvalue weighted by Gasteiger charge is -2.25. The van der Waals surface area contributed by atoms with Crippen molar-refractivity contribution in [3.8, 4) is 0 Å². The Labute approximate surface area is 149 Å². The van der Waals surface area contributed by atoms with Crippen LogP contribution in [0.4, 0.5) is 4.79 Å². The van der Waals surface area contributed by atoms with E-state index >= 15 is 0 Å². The highest BCUT2D eigenvalue weighted by atomic mass is 16.6. The molecule has 1 aliphatic heterocycles. The van der Waals surface area contributed by atoms with Gasteiger partial charge in [0.15, 0.2) is 6.10 Å². The number of esters is 1. The van der Waals surface area contributed by atoms with Gasteiger partial charge in [-0.05, 0) is 40.0 Å². The number of nitrogens with one attached hydrogen (secondary N) is 1. The van der Waals surface area contributed by atoms with E-state index in [1.165, 1.54) is 7.11 Å². The molecule has 0 aromatic carbocycles. The van der Waals surface area contributed by atoms with Crippen LogP contribution in [0.3, 0.4) is 0 Å². The molecule has 4 atom stereocenters. The Hall–Kier alpha value is -1.79. The number of oxime groups is 1. The molecule has 1 saturated carbocycles. The van der Waals surface area contributed by atoms with Gasteiger partial charge >= 0.3 is 12.1 Å². The first-order valence-corrected chi connectivity index (χ1v) is 9.02. The van der Waals surface area contributed by atoms with Crippen LogP contribution >= 0.6 is 0 Å². The molecule has 0 bridgehead atoms. The van der Waals surface area contributed by atoms with E-state index < -0.39 is 17.6 Å². The molecule has 2 unspecified atom stereocenters. The summed E-state index contributed by atoms with van der Waals surface area (Å²) >= 11 is 0. The van der Waals surface area contributed by atoms with Crippen LogP contribution in [-0.4, -0.2) is 42.6 Å². The highest BCUT2D eigenvalue weighted by Crippen LogP contribution is 2.42. The summed E-state index contributed by atoms with van der Waals surface area (Å²) < 4.78 is 10.3. The minimum atomic E-state index is -0.581. The first-order chi connectivity index (χ1) is 11.7. The van der Waals surface area contributed by atoms with Crippen LogP contribution in [0.5, 0.6) is 0 Å². The van der Waals surface area contributed by atoms with Gasteiger partial charge in [0.2, 0.25) is 0 Å². The maximum absolute atomic E-state index is 12.2. The number of carbonyl (C=O) groups is 2. The van der Waals surface area contributed by atoms with Gasteiger partial charge in [0.05, 0.1) is 24.7 Å². The molecule has 0 radical (unpaired) electrons. The van der Waals surface area contributed by atoms with Crippen molar-refractivity contribution in [3.05, 3.63) is 0 Å². The number of rotatable bonds is 5. The quantitative estimate of drug-likeness (QED) is 0.767. The van der Waals surface area contributed by atoms with Crippen molar-refractivity contribution < 1.29 is 23.9 Å². The zero-order valence-corrected chi connectivity index (χ0v) is 16.0. The molecule has 0 spiro atoms. The summed E-state index contributed by atoms with van der Waals surface area (Å²) in [7, 11) is 1.36. The summed E-state index contributed by atoms with van der Waals surface area (Å²) in [5.41, 5.74) is 0.352. The third kappa shape index (κ3) is 4.25. The summed E-state index contributed by atoms with van der Waals surface area (Å²) in [6.07, 6.45) is 1.45. The normalized spacial score (nSPS) is 28.2. The molecule has 25 heavy (non-hydrogen) atoms. The van der Waals surface area contributed by atoms with Gasteiger partial charge in [-0.1, -0.05) is 19.0 Å². The van der Waals surface area contributed by atoms with Gasteiger partial charge in [-0.2, -0.15) is 0 Å². The molecular formula is C18H30N2O5. The number of ether oxygens (including phenoxy) is 2. The van der Waals surface area contributed by atoms with E-state index in [2.05, 4.69) is 24.3 Å². The van der Waals surface area contributed by atoms with Gasteiger partial charge in [0, 0.05) is 12.0 Å². The van der Waals surface area contributed by atoms with E-state index in [1.807, 2.05) is 20.8 Å². The van der Waals surface area contributed by atoms with Crippen molar-refractivity contribution in [2.75, 3.05) is 7.11 Å². The van der Waals surface area contributed by atoms with Gasteiger partial charge in [-0.25, -0.2) is 4.79 Å². The predicted octanol–water partition coefficient (Wildman–Crippen LogP) is 2.88. The molecule has 0 aromatic rings. The monoisotopic (exact) mass is 354 g/mol. The smallest absolute Gasteiger partial charge is 0.407 e.